The van der Waals surface area contributed by atoms with E-state index >= 15 is 0 Å². The molecule has 2 aromatic carbocycles. The van der Waals surface area contributed by atoms with Gasteiger partial charge in [-0.15, -0.1) is 0 Å². The third-order valence-electron chi connectivity index (χ3n) is 5.31. The second-order valence-corrected chi connectivity index (χ2v) is 15.1. The van der Waals surface area contributed by atoms with E-state index in [9.17, 15) is 0 Å². The van der Waals surface area contributed by atoms with Crippen LogP contribution in [0.15, 0.2) is 80.7 Å². The second kappa shape index (κ2) is 9.84. The Morgan fingerprint density at radius 3 is 1.46 bits per heavy atom. The molecule has 1 aliphatic rings. The van der Waals surface area contributed by atoms with Crippen LogP contribution in [-0.4, -0.2) is 0 Å². The molecule has 0 atom stereocenters. The van der Waals surface area contributed by atoms with E-state index in [1.54, 1.807) is 25.0 Å². The molecule has 0 aromatic heterocycles. The van der Waals surface area contributed by atoms with Gasteiger partial charge in [-0.3, -0.25) is 0 Å². The fourth-order valence-corrected chi connectivity index (χ4v) is 15.5. The van der Waals surface area contributed by atoms with Crippen LogP contribution in [0.25, 0.3) is 0 Å². The van der Waals surface area contributed by atoms with Crippen LogP contribution in [0.3, 0.4) is 0 Å². The van der Waals surface area contributed by atoms with Crippen LogP contribution in [0, 0.1) is 5.41 Å². The summed E-state index contributed by atoms with van der Waals surface area (Å²) in [6.45, 7) is 11.9. The summed E-state index contributed by atoms with van der Waals surface area (Å²) < 4.78 is 1.79. The van der Waals surface area contributed by atoms with Crippen LogP contribution in [0.4, 0.5) is 0 Å². The van der Waals surface area contributed by atoms with Crippen molar-refractivity contribution in [3.05, 3.63) is 80.7 Å². The van der Waals surface area contributed by atoms with Gasteiger partial charge < -0.3 is 24.8 Å². The van der Waals surface area contributed by atoms with Crippen molar-refractivity contribution in [2.24, 2.45) is 5.41 Å². The van der Waals surface area contributed by atoms with Gasteiger partial charge >= 0.3 is 159 Å². The van der Waals surface area contributed by atoms with Gasteiger partial charge in [0.25, 0.3) is 0 Å². The van der Waals surface area contributed by atoms with Crippen molar-refractivity contribution in [1.82, 2.24) is 0 Å². The van der Waals surface area contributed by atoms with E-state index in [1.165, 1.54) is 5.57 Å². The zero-order valence-electron chi connectivity index (χ0n) is 16.0. The molecule has 0 N–H and O–H groups in total. The van der Waals surface area contributed by atoms with E-state index in [0.717, 1.165) is 0 Å². The number of halogens is 2. The molecule has 0 bridgehead atoms. The monoisotopic (exact) mass is 480 g/mol. The quantitative estimate of drug-likeness (QED) is 0.529. The SMILES string of the molecule is CC1=C(C)C(C)(C)[C]([Zr+2][P](c2ccccc2)c2ccccc2)=C1C.[Cl-].[Cl-]. The number of rotatable bonds is 4. The Kier molecular flexibility index (Phi) is 9.03. The molecule has 0 heterocycles. The standard InChI is InChI=1S/C12H10P.C10H15.2ClH.Zr/c1-3-7-11(8-4-1)13-12-9-5-2-6-10-12;1-7-6-10(4,5)9(3)8(7)2;;;/h1-10H;1-5H3;2*1H;/q-1;;;;+3/p-2. The summed E-state index contributed by atoms with van der Waals surface area (Å²) in [5, 5.41) is 2.89. The average Bonchev–Trinajstić information content (AvgIpc) is 2.75. The van der Waals surface area contributed by atoms with Gasteiger partial charge in [-0.2, -0.15) is 0 Å². The second-order valence-electron chi connectivity index (χ2n) is 6.99. The number of allylic oxidation sites excluding steroid dienone is 4. The molecule has 0 aliphatic heterocycles. The average molecular weight is 483 g/mol. The Morgan fingerprint density at radius 1 is 0.692 bits per heavy atom. The van der Waals surface area contributed by atoms with Crippen molar-refractivity contribution in [2.75, 3.05) is 0 Å². The summed E-state index contributed by atoms with van der Waals surface area (Å²) in [6, 6.07) is 22.4. The molecular weight excluding hydrogens is 457 g/mol. The maximum absolute atomic E-state index is 2.43. The first-order valence-corrected chi connectivity index (χ1v) is 14.4. The Labute approximate surface area is 183 Å². The molecule has 0 saturated heterocycles. The Morgan fingerprint density at radius 2 is 1.12 bits per heavy atom. The fraction of sp³-hybridized carbons (Fsp3) is 0.273. The zero-order chi connectivity index (χ0) is 17.3. The predicted molar refractivity (Wildman–Crippen MR) is 104 cm³/mol. The van der Waals surface area contributed by atoms with E-state index < -0.39 is 22.7 Å². The van der Waals surface area contributed by atoms with E-state index in [1.807, 2.05) is 0 Å². The van der Waals surface area contributed by atoms with Gasteiger partial charge in [0, 0.05) is 0 Å². The molecule has 3 rings (SSSR count). The van der Waals surface area contributed by atoms with Crippen LogP contribution >= 0.6 is 5.21 Å². The first-order valence-electron chi connectivity index (χ1n) is 8.49. The minimum absolute atomic E-state index is 0. The molecule has 26 heavy (non-hydrogen) atoms. The van der Waals surface area contributed by atoms with Crippen molar-refractivity contribution < 1.29 is 47.5 Å². The normalized spacial score (nSPS) is 15.5. The van der Waals surface area contributed by atoms with Gasteiger partial charge in [0.1, 0.15) is 0 Å². The van der Waals surface area contributed by atoms with Crippen molar-refractivity contribution in [2.45, 2.75) is 34.6 Å². The van der Waals surface area contributed by atoms with Crippen LogP contribution < -0.4 is 35.4 Å². The Hall–Kier alpha value is -0.187. The number of benzene rings is 2. The number of hydrogen-bond donors (Lipinski definition) is 0. The van der Waals surface area contributed by atoms with Crippen molar-refractivity contribution in [3.63, 3.8) is 0 Å². The fourth-order valence-electron chi connectivity index (χ4n) is 3.36. The third kappa shape index (κ3) is 4.62. The van der Waals surface area contributed by atoms with Gasteiger partial charge in [-0.05, 0) is 0 Å². The summed E-state index contributed by atoms with van der Waals surface area (Å²) in [6.07, 6.45) is 0. The molecule has 0 unspecified atom stereocenters. The Bertz CT molecular complexity index is 756. The van der Waals surface area contributed by atoms with Crippen molar-refractivity contribution in [3.8, 4) is 0 Å². The summed E-state index contributed by atoms with van der Waals surface area (Å²) in [4.78, 5) is 0. The van der Waals surface area contributed by atoms with Gasteiger partial charge in [0.2, 0.25) is 0 Å². The van der Waals surface area contributed by atoms with Gasteiger partial charge in [-0.25, -0.2) is 0 Å². The third-order valence-corrected chi connectivity index (χ3v) is 17.0. The summed E-state index contributed by atoms with van der Waals surface area (Å²) in [5.74, 6) is 0. The van der Waals surface area contributed by atoms with Gasteiger partial charge in [0.15, 0.2) is 0 Å². The smallest absolute Gasteiger partial charge is 1.00 e. The van der Waals surface area contributed by atoms with E-state index in [2.05, 4.69) is 95.3 Å². The maximum Gasteiger partial charge on any atom is -1.00 e. The predicted octanol–water partition coefficient (Wildman–Crippen LogP) is -0.225. The Balaban J connectivity index is 0.00000169. The molecule has 0 nitrogen and oxygen atoms in total. The minimum Gasteiger partial charge on any atom is -1.00 e. The topological polar surface area (TPSA) is 0 Å². The maximum atomic E-state index is 2.43. The van der Waals surface area contributed by atoms with Crippen molar-refractivity contribution in [1.29, 1.82) is 0 Å². The molecule has 2 aromatic rings. The van der Waals surface area contributed by atoms with Crippen molar-refractivity contribution >= 4 is 15.8 Å². The largest absolute Gasteiger partial charge is 1.00 e. The molecule has 1 aliphatic carbocycles. The number of hydrogen-bond acceptors (Lipinski definition) is 0. The molecule has 0 amide bonds. The molecular formula is C22H25Cl2PZr. The van der Waals surface area contributed by atoms with E-state index in [-0.39, 0.29) is 35.4 Å². The van der Waals surface area contributed by atoms with E-state index in [0.29, 0.717) is 0 Å². The summed E-state index contributed by atoms with van der Waals surface area (Å²) in [5.41, 5.74) is 4.95. The zero-order valence-corrected chi connectivity index (χ0v) is 20.8. The summed E-state index contributed by atoms with van der Waals surface area (Å²) >= 11 is -0.756. The molecule has 0 spiro atoms. The summed E-state index contributed by atoms with van der Waals surface area (Å²) in [7, 11) is 0. The molecule has 0 radical (unpaired) electrons. The first kappa shape index (κ1) is 23.9. The molecule has 0 saturated carbocycles. The van der Waals surface area contributed by atoms with Gasteiger partial charge in [0.05, 0.1) is 0 Å². The molecule has 0 fully saturated rings. The van der Waals surface area contributed by atoms with Crippen LogP contribution in [-0.2, 0) is 22.7 Å². The van der Waals surface area contributed by atoms with Crippen LogP contribution in [0.1, 0.15) is 34.6 Å². The van der Waals surface area contributed by atoms with E-state index in [4.69, 9.17) is 0 Å². The molecule has 4 heteroatoms. The molecule has 136 valence electrons. The van der Waals surface area contributed by atoms with Crippen LogP contribution in [0.5, 0.6) is 0 Å². The first-order chi connectivity index (χ1) is 11.4. The van der Waals surface area contributed by atoms with Crippen LogP contribution in [0.2, 0.25) is 0 Å². The minimum atomic E-state index is -0.756. The van der Waals surface area contributed by atoms with Gasteiger partial charge in [-0.1, -0.05) is 0 Å².